The monoisotopic (exact) mass is 433 g/mol. The van der Waals surface area contributed by atoms with Gasteiger partial charge in [0.15, 0.2) is 11.5 Å². The highest BCUT2D eigenvalue weighted by Gasteiger charge is 2.31. The zero-order valence-electron chi connectivity index (χ0n) is 18.0. The van der Waals surface area contributed by atoms with E-state index in [-0.39, 0.29) is 18.5 Å². The minimum Gasteiger partial charge on any atom is -0.493 e. The molecule has 8 heteroatoms. The normalized spacial score (nSPS) is 12.7. The van der Waals surface area contributed by atoms with Crippen LogP contribution in [0.4, 0.5) is 5.00 Å². The van der Waals surface area contributed by atoms with Gasteiger partial charge < -0.3 is 23.8 Å². The van der Waals surface area contributed by atoms with Gasteiger partial charge in [-0.05, 0) is 50.3 Å². The van der Waals surface area contributed by atoms with Crippen molar-refractivity contribution in [1.29, 1.82) is 0 Å². The lowest BCUT2D eigenvalue weighted by molar-refractivity contribution is 0.0526. The van der Waals surface area contributed by atoms with E-state index in [4.69, 9.17) is 18.9 Å². The molecule has 0 aliphatic heterocycles. The summed E-state index contributed by atoms with van der Waals surface area (Å²) in [5, 5.41) is 0.610. The molecule has 1 aromatic carbocycles. The van der Waals surface area contributed by atoms with Gasteiger partial charge in [-0.15, -0.1) is 11.3 Å². The Morgan fingerprint density at radius 2 is 1.67 bits per heavy atom. The predicted octanol–water partition coefficient (Wildman–Crippen LogP) is 4.11. The first-order valence-corrected chi connectivity index (χ1v) is 10.7. The number of thiophene rings is 1. The Hall–Kier alpha value is -2.74. The van der Waals surface area contributed by atoms with E-state index in [1.54, 1.807) is 26.1 Å². The third kappa shape index (κ3) is 3.96. The van der Waals surface area contributed by atoms with E-state index < -0.39 is 0 Å². The number of benzene rings is 1. The molecule has 0 bridgehead atoms. The maximum atomic E-state index is 13.4. The number of fused-ring (bicyclic) bond motifs is 1. The first-order chi connectivity index (χ1) is 14.5. The summed E-state index contributed by atoms with van der Waals surface area (Å²) in [7, 11) is 6.18. The molecule has 0 saturated heterocycles. The summed E-state index contributed by atoms with van der Waals surface area (Å²) < 4.78 is 21.4. The summed E-state index contributed by atoms with van der Waals surface area (Å²) in [5.74, 6) is 0.544. The van der Waals surface area contributed by atoms with Crippen LogP contribution in [-0.2, 0) is 17.6 Å². The SMILES string of the molecule is CCOC(=O)c1c(N(C)C(=O)c2cc(OC)c(OC)c(OC)c2)sc2c1CCCC2. The third-order valence-corrected chi connectivity index (χ3v) is 6.52. The molecule has 30 heavy (non-hydrogen) atoms. The van der Waals surface area contributed by atoms with Crippen LogP contribution in [0.1, 0.15) is 50.9 Å². The van der Waals surface area contributed by atoms with Crippen LogP contribution in [0.15, 0.2) is 12.1 Å². The second-order valence-electron chi connectivity index (χ2n) is 6.89. The number of hydrogen-bond acceptors (Lipinski definition) is 7. The largest absolute Gasteiger partial charge is 0.493 e. The van der Waals surface area contributed by atoms with Crippen molar-refractivity contribution in [1.82, 2.24) is 0 Å². The highest BCUT2D eigenvalue weighted by Crippen LogP contribution is 2.42. The molecular formula is C22H27NO6S. The van der Waals surface area contributed by atoms with E-state index in [1.807, 2.05) is 0 Å². The third-order valence-electron chi connectivity index (χ3n) is 5.15. The molecule has 1 heterocycles. The number of amides is 1. The fourth-order valence-electron chi connectivity index (χ4n) is 3.69. The Balaban J connectivity index is 2.05. The number of anilines is 1. The Bertz CT molecular complexity index is 926. The summed E-state index contributed by atoms with van der Waals surface area (Å²) in [5.41, 5.74) is 1.90. The molecule has 2 aromatic rings. The molecule has 1 aliphatic carbocycles. The topological polar surface area (TPSA) is 74.3 Å². The van der Waals surface area contributed by atoms with Gasteiger partial charge in [0.1, 0.15) is 5.00 Å². The van der Waals surface area contributed by atoms with E-state index in [1.165, 1.54) is 37.6 Å². The number of aryl methyl sites for hydroxylation is 1. The van der Waals surface area contributed by atoms with Gasteiger partial charge in [-0.1, -0.05) is 0 Å². The Morgan fingerprint density at radius 3 is 2.23 bits per heavy atom. The molecule has 0 unspecified atom stereocenters. The number of methoxy groups -OCH3 is 3. The van der Waals surface area contributed by atoms with Crippen molar-refractivity contribution in [3.05, 3.63) is 33.7 Å². The maximum Gasteiger partial charge on any atom is 0.341 e. The number of rotatable bonds is 7. The van der Waals surface area contributed by atoms with Crippen LogP contribution in [0.2, 0.25) is 0 Å². The second kappa shape index (κ2) is 9.38. The van der Waals surface area contributed by atoms with Crippen molar-refractivity contribution >= 4 is 28.2 Å². The number of nitrogens with zero attached hydrogens (tertiary/aromatic N) is 1. The van der Waals surface area contributed by atoms with Gasteiger partial charge in [0, 0.05) is 17.5 Å². The minimum atomic E-state index is -0.378. The molecule has 0 N–H and O–H groups in total. The Labute approximate surface area is 180 Å². The van der Waals surface area contributed by atoms with Crippen LogP contribution < -0.4 is 19.1 Å². The average Bonchev–Trinajstić information content (AvgIpc) is 3.16. The molecule has 162 valence electrons. The van der Waals surface area contributed by atoms with Crippen molar-refractivity contribution in [2.24, 2.45) is 0 Å². The van der Waals surface area contributed by atoms with Crippen LogP contribution in [-0.4, -0.2) is 46.9 Å². The van der Waals surface area contributed by atoms with E-state index in [0.717, 1.165) is 36.1 Å². The minimum absolute atomic E-state index is 0.279. The maximum absolute atomic E-state index is 13.4. The van der Waals surface area contributed by atoms with Gasteiger partial charge in [-0.2, -0.15) is 0 Å². The summed E-state index contributed by atoms with van der Waals surface area (Å²) in [4.78, 5) is 28.8. The van der Waals surface area contributed by atoms with Crippen LogP contribution in [0.3, 0.4) is 0 Å². The molecule has 0 radical (unpaired) electrons. The quantitative estimate of drug-likeness (QED) is 0.612. The van der Waals surface area contributed by atoms with Crippen molar-refractivity contribution in [3.8, 4) is 17.2 Å². The first-order valence-electron chi connectivity index (χ1n) is 9.86. The molecule has 0 saturated carbocycles. The molecule has 1 amide bonds. The molecule has 3 rings (SSSR count). The van der Waals surface area contributed by atoms with E-state index in [9.17, 15) is 9.59 Å². The fraction of sp³-hybridized carbons (Fsp3) is 0.455. The zero-order chi connectivity index (χ0) is 21.8. The second-order valence-corrected chi connectivity index (χ2v) is 7.97. The van der Waals surface area contributed by atoms with Crippen LogP contribution >= 0.6 is 11.3 Å². The predicted molar refractivity (Wildman–Crippen MR) is 116 cm³/mol. The summed E-state index contributed by atoms with van der Waals surface area (Å²) in [6.45, 7) is 2.06. The fourth-order valence-corrected chi connectivity index (χ4v) is 5.03. The Kier molecular flexibility index (Phi) is 6.87. The smallest absolute Gasteiger partial charge is 0.341 e. The lowest BCUT2D eigenvalue weighted by Gasteiger charge is -2.19. The Morgan fingerprint density at radius 1 is 1.03 bits per heavy atom. The highest BCUT2D eigenvalue weighted by atomic mass is 32.1. The number of carbonyl (C=O) groups is 2. The molecule has 1 aliphatic rings. The van der Waals surface area contributed by atoms with E-state index in [2.05, 4.69) is 0 Å². The highest BCUT2D eigenvalue weighted by molar-refractivity contribution is 7.17. The number of hydrogen-bond donors (Lipinski definition) is 0. The van der Waals surface area contributed by atoms with Crippen molar-refractivity contribution in [2.75, 3.05) is 39.9 Å². The van der Waals surface area contributed by atoms with Gasteiger partial charge in [-0.25, -0.2) is 4.79 Å². The van der Waals surface area contributed by atoms with Crippen molar-refractivity contribution in [2.45, 2.75) is 32.6 Å². The van der Waals surface area contributed by atoms with E-state index in [0.29, 0.717) is 33.4 Å². The molecule has 0 spiro atoms. The molecule has 0 fully saturated rings. The molecular weight excluding hydrogens is 406 g/mol. The molecule has 0 atom stereocenters. The molecule has 1 aromatic heterocycles. The van der Waals surface area contributed by atoms with Gasteiger partial charge in [0.25, 0.3) is 5.91 Å². The summed E-state index contributed by atoms with van der Waals surface area (Å²) >= 11 is 1.49. The number of esters is 1. The van der Waals surface area contributed by atoms with Crippen molar-refractivity contribution in [3.63, 3.8) is 0 Å². The van der Waals surface area contributed by atoms with Crippen LogP contribution in [0.25, 0.3) is 0 Å². The summed E-state index contributed by atoms with van der Waals surface area (Å²) in [6, 6.07) is 3.22. The molecule has 7 nitrogen and oxygen atoms in total. The summed E-state index contributed by atoms with van der Waals surface area (Å²) in [6.07, 6.45) is 3.85. The van der Waals surface area contributed by atoms with Gasteiger partial charge >= 0.3 is 5.97 Å². The van der Waals surface area contributed by atoms with Gasteiger partial charge in [-0.3, -0.25) is 4.79 Å². The van der Waals surface area contributed by atoms with Crippen molar-refractivity contribution < 1.29 is 28.5 Å². The number of ether oxygens (including phenoxy) is 4. The van der Waals surface area contributed by atoms with Crippen LogP contribution in [0.5, 0.6) is 17.2 Å². The van der Waals surface area contributed by atoms with Gasteiger partial charge in [0.05, 0.1) is 33.5 Å². The van der Waals surface area contributed by atoms with E-state index >= 15 is 0 Å². The zero-order valence-corrected chi connectivity index (χ0v) is 18.8. The van der Waals surface area contributed by atoms with Gasteiger partial charge in [0.2, 0.25) is 5.75 Å². The standard InChI is InChI=1S/C22H27NO6S/c1-6-29-22(25)18-14-9-7-8-10-17(14)30-21(18)23(2)20(24)13-11-15(26-3)19(28-5)16(12-13)27-4/h11-12H,6-10H2,1-5H3. The average molecular weight is 434 g/mol. The lowest BCUT2D eigenvalue weighted by atomic mass is 9.95. The lowest BCUT2D eigenvalue weighted by Crippen LogP contribution is -2.27. The number of carbonyl (C=O) groups excluding carboxylic acids is 2. The van der Waals surface area contributed by atoms with Crippen LogP contribution in [0, 0.1) is 0 Å². The first kappa shape index (κ1) is 22.0.